The summed E-state index contributed by atoms with van der Waals surface area (Å²) in [6.07, 6.45) is 6.60. The molecule has 2 aliphatic rings. The van der Waals surface area contributed by atoms with Crippen molar-refractivity contribution < 1.29 is 9.21 Å². The van der Waals surface area contributed by atoms with Crippen LogP contribution in [-0.4, -0.2) is 20.7 Å². The molecule has 7 heteroatoms. The minimum atomic E-state index is -0.262. The lowest BCUT2D eigenvalue weighted by molar-refractivity contribution is 0.0921. The lowest BCUT2D eigenvalue weighted by Crippen LogP contribution is -2.31. The summed E-state index contributed by atoms with van der Waals surface area (Å²) in [5, 5.41) is 8.16. The normalized spacial score (nSPS) is 18.9. The highest BCUT2D eigenvalue weighted by Gasteiger charge is 2.33. The number of nitrogens with zero attached hydrogens (tertiary/aromatic N) is 3. The number of para-hydroxylation sites is 1. The van der Waals surface area contributed by atoms with Gasteiger partial charge in [0.05, 0.1) is 23.0 Å². The summed E-state index contributed by atoms with van der Waals surface area (Å²) in [6.45, 7) is 0. The molecule has 0 aliphatic heterocycles. The Morgan fingerprint density at radius 1 is 1.22 bits per heavy atom. The Morgan fingerprint density at radius 2 is 2.07 bits per heavy atom. The molecule has 2 aliphatic carbocycles. The van der Waals surface area contributed by atoms with Gasteiger partial charge in [0.15, 0.2) is 0 Å². The molecule has 0 saturated heterocycles. The summed E-state index contributed by atoms with van der Waals surface area (Å²) in [7, 11) is 0. The second-order valence-electron chi connectivity index (χ2n) is 7.15. The molecular formula is C20H19ClN4O2. The van der Waals surface area contributed by atoms with E-state index in [1.54, 1.807) is 10.9 Å². The Balaban J connectivity index is 1.45. The lowest BCUT2D eigenvalue weighted by atomic mass is 9.93. The van der Waals surface area contributed by atoms with E-state index in [2.05, 4.69) is 15.4 Å². The standard InChI is InChI=1S/C20H19ClN4O2/c21-14-4-1-2-6-16(14)25-19(12-8-9-12)23-18(24-25)20(26)22-15-5-3-7-17-13(15)10-11-27-17/h1-2,4,6,10-12,15H,3,5,7-9H2,(H,22,26)/t15-/m0/s1. The zero-order valence-electron chi connectivity index (χ0n) is 14.7. The maximum Gasteiger partial charge on any atom is 0.291 e. The molecule has 2 aromatic heterocycles. The van der Waals surface area contributed by atoms with Crippen LogP contribution in [0.5, 0.6) is 0 Å². The van der Waals surface area contributed by atoms with Crippen LogP contribution in [0.4, 0.5) is 0 Å². The fourth-order valence-corrected chi connectivity index (χ4v) is 3.90. The van der Waals surface area contributed by atoms with E-state index < -0.39 is 0 Å². The summed E-state index contributed by atoms with van der Waals surface area (Å²) < 4.78 is 7.23. The first-order valence-electron chi connectivity index (χ1n) is 9.29. The van der Waals surface area contributed by atoms with Gasteiger partial charge in [0, 0.05) is 17.9 Å². The first-order valence-corrected chi connectivity index (χ1v) is 9.67. The molecule has 5 rings (SSSR count). The average molecular weight is 383 g/mol. The summed E-state index contributed by atoms with van der Waals surface area (Å²) >= 11 is 6.34. The number of carbonyl (C=O) groups excluding carboxylic acids is 1. The molecule has 1 aromatic carbocycles. The molecule has 1 saturated carbocycles. The van der Waals surface area contributed by atoms with Gasteiger partial charge in [-0.3, -0.25) is 4.79 Å². The summed E-state index contributed by atoms with van der Waals surface area (Å²) in [5.41, 5.74) is 1.81. The van der Waals surface area contributed by atoms with Crippen LogP contribution in [0.25, 0.3) is 5.69 Å². The first kappa shape index (κ1) is 16.6. The van der Waals surface area contributed by atoms with Crippen molar-refractivity contribution in [2.75, 3.05) is 0 Å². The molecule has 1 fully saturated rings. The van der Waals surface area contributed by atoms with Crippen LogP contribution in [0.3, 0.4) is 0 Å². The van der Waals surface area contributed by atoms with Gasteiger partial charge in [-0.2, -0.15) is 0 Å². The van der Waals surface area contributed by atoms with Crippen molar-refractivity contribution in [3.63, 3.8) is 0 Å². The van der Waals surface area contributed by atoms with E-state index in [9.17, 15) is 4.79 Å². The van der Waals surface area contributed by atoms with Crippen LogP contribution in [0.1, 0.15) is 65.4 Å². The molecule has 27 heavy (non-hydrogen) atoms. The maximum atomic E-state index is 12.9. The highest BCUT2D eigenvalue weighted by Crippen LogP contribution is 2.40. The number of aromatic nitrogens is 3. The molecule has 3 aromatic rings. The molecular weight excluding hydrogens is 364 g/mol. The fraction of sp³-hybridized carbons (Fsp3) is 0.350. The number of aryl methyl sites for hydroxylation is 1. The van der Waals surface area contributed by atoms with Crippen molar-refractivity contribution in [1.29, 1.82) is 0 Å². The molecule has 1 atom stereocenters. The van der Waals surface area contributed by atoms with Crippen molar-refractivity contribution in [3.8, 4) is 5.69 Å². The number of rotatable bonds is 4. The minimum absolute atomic E-state index is 0.0587. The van der Waals surface area contributed by atoms with Crippen LogP contribution < -0.4 is 5.32 Å². The lowest BCUT2D eigenvalue weighted by Gasteiger charge is -2.22. The molecule has 1 N–H and O–H groups in total. The topological polar surface area (TPSA) is 73.0 Å². The molecule has 0 spiro atoms. The van der Waals surface area contributed by atoms with Gasteiger partial charge in [0.2, 0.25) is 5.82 Å². The number of furan rings is 1. The van der Waals surface area contributed by atoms with Crippen molar-refractivity contribution in [1.82, 2.24) is 20.1 Å². The third-order valence-electron chi connectivity index (χ3n) is 5.22. The smallest absolute Gasteiger partial charge is 0.291 e. The van der Waals surface area contributed by atoms with Crippen molar-refractivity contribution in [2.24, 2.45) is 0 Å². The van der Waals surface area contributed by atoms with Gasteiger partial charge < -0.3 is 9.73 Å². The van der Waals surface area contributed by atoms with Gasteiger partial charge in [0.25, 0.3) is 5.91 Å². The highest BCUT2D eigenvalue weighted by atomic mass is 35.5. The number of amides is 1. The summed E-state index contributed by atoms with van der Waals surface area (Å²) in [4.78, 5) is 17.4. The predicted octanol–water partition coefficient (Wildman–Crippen LogP) is 4.20. The van der Waals surface area contributed by atoms with Gasteiger partial charge in [-0.05, 0) is 43.9 Å². The van der Waals surface area contributed by atoms with Gasteiger partial charge in [-0.1, -0.05) is 23.7 Å². The third-order valence-corrected chi connectivity index (χ3v) is 5.54. The second-order valence-corrected chi connectivity index (χ2v) is 7.56. The Bertz CT molecular complexity index is 1010. The monoisotopic (exact) mass is 382 g/mol. The van der Waals surface area contributed by atoms with E-state index in [4.69, 9.17) is 16.0 Å². The average Bonchev–Trinajstić information content (AvgIpc) is 3.23. The van der Waals surface area contributed by atoms with Crippen LogP contribution in [0, 0.1) is 0 Å². The zero-order valence-corrected chi connectivity index (χ0v) is 15.4. The van der Waals surface area contributed by atoms with E-state index in [0.29, 0.717) is 10.9 Å². The minimum Gasteiger partial charge on any atom is -0.469 e. The molecule has 0 radical (unpaired) electrons. The van der Waals surface area contributed by atoms with E-state index in [1.165, 1.54) is 0 Å². The molecule has 138 valence electrons. The van der Waals surface area contributed by atoms with Gasteiger partial charge in [-0.25, -0.2) is 9.67 Å². The highest BCUT2D eigenvalue weighted by molar-refractivity contribution is 6.32. The molecule has 2 heterocycles. The Morgan fingerprint density at radius 3 is 2.89 bits per heavy atom. The summed E-state index contributed by atoms with van der Waals surface area (Å²) in [5.74, 6) is 2.03. The van der Waals surface area contributed by atoms with Gasteiger partial charge in [0.1, 0.15) is 11.6 Å². The number of halogens is 1. The molecule has 0 bridgehead atoms. The SMILES string of the molecule is O=C(N[C@H]1CCCc2occc21)c1nc(C2CC2)n(-c2ccccc2Cl)n1. The quantitative estimate of drug-likeness (QED) is 0.734. The largest absolute Gasteiger partial charge is 0.469 e. The van der Waals surface area contributed by atoms with Gasteiger partial charge in [-0.15, -0.1) is 5.10 Å². The van der Waals surface area contributed by atoms with Crippen molar-refractivity contribution in [3.05, 3.63) is 64.6 Å². The molecule has 0 unspecified atom stereocenters. The van der Waals surface area contributed by atoms with E-state index in [1.807, 2.05) is 30.3 Å². The van der Waals surface area contributed by atoms with E-state index >= 15 is 0 Å². The number of benzene rings is 1. The Kier molecular flexibility index (Phi) is 4.01. The predicted molar refractivity (Wildman–Crippen MR) is 100 cm³/mol. The van der Waals surface area contributed by atoms with Crippen LogP contribution in [0.2, 0.25) is 5.02 Å². The van der Waals surface area contributed by atoms with Crippen LogP contribution >= 0.6 is 11.6 Å². The van der Waals surface area contributed by atoms with Crippen LogP contribution in [0.15, 0.2) is 41.0 Å². The molecule has 1 amide bonds. The van der Waals surface area contributed by atoms with E-state index in [0.717, 1.165) is 54.9 Å². The third kappa shape index (κ3) is 3.04. The number of hydrogen-bond donors (Lipinski definition) is 1. The second kappa shape index (κ2) is 6.53. The zero-order chi connectivity index (χ0) is 18.4. The van der Waals surface area contributed by atoms with Crippen LogP contribution in [-0.2, 0) is 6.42 Å². The van der Waals surface area contributed by atoms with E-state index in [-0.39, 0.29) is 17.8 Å². The van der Waals surface area contributed by atoms with Crippen molar-refractivity contribution >= 4 is 17.5 Å². The Hall–Kier alpha value is -2.60. The number of carbonyl (C=O) groups is 1. The first-order chi connectivity index (χ1) is 13.2. The number of fused-ring (bicyclic) bond motifs is 1. The fourth-order valence-electron chi connectivity index (χ4n) is 3.69. The Labute approximate surface area is 161 Å². The maximum absolute atomic E-state index is 12.9. The van der Waals surface area contributed by atoms with Gasteiger partial charge >= 0.3 is 0 Å². The number of hydrogen-bond acceptors (Lipinski definition) is 4. The van der Waals surface area contributed by atoms with Crippen molar-refractivity contribution in [2.45, 2.75) is 44.1 Å². The molecule has 6 nitrogen and oxygen atoms in total. The summed E-state index contributed by atoms with van der Waals surface area (Å²) in [6, 6.07) is 9.36. The number of nitrogens with one attached hydrogen (secondary N) is 1.